The summed E-state index contributed by atoms with van der Waals surface area (Å²) < 4.78 is 0. The number of aromatic nitrogens is 2. The molecule has 1 unspecified atom stereocenters. The van der Waals surface area contributed by atoms with Crippen LogP contribution in [0.15, 0.2) is 17.5 Å². The summed E-state index contributed by atoms with van der Waals surface area (Å²) in [5.74, 6) is 1.96. The second kappa shape index (κ2) is 7.14. The zero-order valence-corrected chi connectivity index (χ0v) is 14.4. The Balaban J connectivity index is 2.17. The molecule has 0 amide bonds. The van der Waals surface area contributed by atoms with Gasteiger partial charge >= 0.3 is 0 Å². The molecule has 2 heterocycles. The van der Waals surface area contributed by atoms with Gasteiger partial charge in [0.05, 0.1) is 4.88 Å². The van der Waals surface area contributed by atoms with Crippen molar-refractivity contribution in [2.75, 3.05) is 13.1 Å². The maximum Gasteiger partial charge on any atom is 0.169 e. The molecule has 1 N–H and O–H groups in total. The molecule has 0 aromatic carbocycles. The largest absolute Gasteiger partial charge is 0.316 e. The molecule has 2 aromatic rings. The van der Waals surface area contributed by atoms with E-state index in [9.17, 15) is 0 Å². The highest BCUT2D eigenvalue weighted by Gasteiger charge is 2.16. The molecule has 1 atom stereocenters. The monoisotopic (exact) mass is 303 g/mol. The Morgan fingerprint density at radius 3 is 2.29 bits per heavy atom. The Morgan fingerprint density at radius 2 is 1.76 bits per heavy atom. The first kappa shape index (κ1) is 16.1. The minimum atomic E-state index is 0.432. The van der Waals surface area contributed by atoms with Crippen molar-refractivity contribution in [2.24, 2.45) is 5.92 Å². The van der Waals surface area contributed by atoms with E-state index in [4.69, 9.17) is 9.97 Å². The minimum absolute atomic E-state index is 0.432. The van der Waals surface area contributed by atoms with Gasteiger partial charge in [-0.25, -0.2) is 9.97 Å². The highest BCUT2D eigenvalue weighted by Crippen LogP contribution is 2.26. The highest BCUT2D eigenvalue weighted by atomic mass is 32.1. The van der Waals surface area contributed by atoms with Gasteiger partial charge in [-0.1, -0.05) is 26.8 Å². The SMILES string of the molecule is Cc1nc(-c2cccs2)nc(C)c1C(C)CNCC(C)C. The number of nitrogens with zero attached hydrogens (tertiary/aromatic N) is 2. The number of hydrogen-bond acceptors (Lipinski definition) is 4. The van der Waals surface area contributed by atoms with Crippen LogP contribution in [0.5, 0.6) is 0 Å². The lowest BCUT2D eigenvalue weighted by atomic mass is 9.97. The molecule has 21 heavy (non-hydrogen) atoms. The third-order valence-corrected chi connectivity index (χ3v) is 4.43. The molecule has 0 spiro atoms. The Labute approximate surface area is 131 Å². The molecule has 4 heteroatoms. The van der Waals surface area contributed by atoms with Crippen LogP contribution in [0.2, 0.25) is 0 Å². The zero-order chi connectivity index (χ0) is 15.4. The van der Waals surface area contributed by atoms with Crippen LogP contribution in [0.1, 0.15) is 43.6 Å². The van der Waals surface area contributed by atoms with E-state index < -0.39 is 0 Å². The second-order valence-corrected chi connectivity index (χ2v) is 7.01. The van der Waals surface area contributed by atoms with Crippen molar-refractivity contribution in [1.82, 2.24) is 15.3 Å². The van der Waals surface area contributed by atoms with Gasteiger partial charge in [0.15, 0.2) is 5.82 Å². The summed E-state index contributed by atoms with van der Waals surface area (Å²) in [6.07, 6.45) is 0. The first-order valence-corrected chi connectivity index (χ1v) is 8.46. The van der Waals surface area contributed by atoms with Gasteiger partial charge in [-0.15, -0.1) is 11.3 Å². The summed E-state index contributed by atoms with van der Waals surface area (Å²) in [5.41, 5.74) is 3.49. The summed E-state index contributed by atoms with van der Waals surface area (Å²) in [5, 5.41) is 5.59. The van der Waals surface area contributed by atoms with Crippen molar-refractivity contribution in [3.05, 3.63) is 34.5 Å². The van der Waals surface area contributed by atoms with Crippen LogP contribution in [0, 0.1) is 19.8 Å². The summed E-state index contributed by atoms with van der Waals surface area (Å²) in [4.78, 5) is 10.6. The average Bonchev–Trinajstić information content (AvgIpc) is 2.91. The molecular formula is C17H25N3S. The van der Waals surface area contributed by atoms with E-state index in [1.165, 1.54) is 5.56 Å². The van der Waals surface area contributed by atoms with Crippen LogP contribution in [0.3, 0.4) is 0 Å². The maximum absolute atomic E-state index is 4.71. The molecule has 0 fully saturated rings. The van der Waals surface area contributed by atoms with E-state index in [0.29, 0.717) is 11.8 Å². The third kappa shape index (κ3) is 4.11. The molecule has 3 nitrogen and oxygen atoms in total. The van der Waals surface area contributed by atoms with E-state index in [2.05, 4.69) is 51.4 Å². The lowest BCUT2D eigenvalue weighted by Crippen LogP contribution is -2.25. The van der Waals surface area contributed by atoms with Crippen LogP contribution in [-0.4, -0.2) is 23.1 Å². The Bertz CT molecular complexity index is 553. The van der Waals surface area contributed by atoms with Gasteiger partial charge in [0.2, 0.25) is 0 Å². The maximum atomic E-state index is 4.71. The summed E-state index contributed by atoms with van der Waals surface area (Å²) in [7, 11) is 0. The fraction of sp³-hybridized carbons (Fsp3) is 0.529. The first-order chi connectivity index (χ1) is 9.99. The van der Waals surface area contributed by atoms with Crippen molar-refractivity contribution >= 4 is 11.3 Å². The van der Waals surface area contributed by atoms with Crippen LogP contribution in [0.4, 0.5) is 0 Å². The van der Waals surface area contributed by atoms with Crippen molar-refractivity contribution in [3.8, 4) is 10.7 Å². The van der Waals surface area contributed by atoms with Crippen LogP contribution in [-0.2, 0) is 0 Å². The standard InChI is InChI=1S/C17H25N3S/c1-11(2)9-18-10-12(3)16-13(4)19-17(20-14(16)5)15-7-6-8-21-15/h6-8,11-12,18H,9-10H2,1-5H3. The second-order valence-electron chi connectivity index (χ2n) is 6.06. The molecule has 0 aliphatic rings. The summed E-state index contributed by atoms with van der Waals surface area (Å²) in [6, 6.07) is 4.12. The van der Waals surface area contributed by atoms with Gasteiger partial charge in [0.25, 0.3) is 0 Å². The number of rotatable bonds is 6. The van der Waals surface area contributed by atoms with Gasteiger partial charge in [-0.3, -0.25) is 0 Å². The molecule has 0 aliphatic carbocycles. The van der Waals surface area contributed by atoms with Crippen molar-refractivity contribution in [1.29, 1.82) is 0 Å². The van der Waals surface area contributed by atoms with E-state index in [1.54, 1.807) is 11.3 Å². The Morgan fingerprint density at radius 1 is 1.10 bits per heavy atom. The Hall–Kier alpha value is -1.26. The van der Waals surface area contributed by atoms with Crippen molar-refractivity contribution in [2.45, 2.75) is 40.5 Å². The van der Waals surface area contributed by atoms with Gasteiger partial charge in [-0.2, -0.15) is 0 Å². The minimum Gasteiger partial charge on any atom is -0.316 e. The van der Waals surface area contributed by atoms with E-state index in [-0.39, 0.29) is 0 Å². The van der Waals surface area contributed by atoms with E-state index in [1.807, 2.05) is 6.07 Å². The predicted molar refractivity (Wildman–Crippen MR) is 90.9 cm³/mol. The summed E-state index contributed by atoms with van der Waals surface area (Å²) in [6.45, 7) is 12.9. The van der Waals surface area contributed by atoms with Gasteiger partial charge in [-0.05, 0) is 49.2 Å². The molecule has 0 saturated carbocycles. The predicted octanol–water partition coefficient (Wildman–Crippen LogP) is 4.17. The number of thiophene rings is 1. The van der Waals surface area contributed by atoms with Crippen molar-refractivity contribution in [3.63, 3.8) is 0 Å². The highest BCUT2D eigenvalue weighted by molar-refractivity contribution is 7.13. The molecule has 2 rings (SSSR count). The van der Waals surface area contributed by atoms with Gasteiger partial charge < -0.3 is 5.32 Å². The van der Waals surface area contributed by atoms with Gasteiger partial charge in [0, 0.05) is 17.9 Å². The Kier molecular flexibility index (Phi) is 5.48. The number of hydrogen-bond donors (Lipinski definition) is 1. The van der Waals surface area contributed by atoms with Crippen LogP contribution < -0.4 is 5.32 Å². The molecule has 0 saturated heterocycles. The summed E-state index contributed by atoms with van der Waals surface area (Å²) >= 11 is 1.69. The lowest BCUT2D eigenvalue weighted by molar-refractivity contribution is 0.526. The van der Waals surface area contributed by atoms with Gasteiger partial charge in [0.1, 0.15) is 0 Å². The molecule has 0 aliphatic heterocycles. The molecule has 0 radical (unpaired) electrons. The normalized spacial score (nSPS) is 12.9. The topological polar surface area (TPSA) is 37.8 Å². The molecule has 2 aromatic heterocycles. The quantitative estimate of drug-likeness (QED) is 0.870. The van der Waals surface area contributed by atoms with Crippen molar-refractivity contribution < 1.29 is 0 Å². The smallest absolute Gasteiger partial charge is 0.169 e. The van der Waals surface area contributed by atoms with E-state index in [0.717, 1.165) is 35.2 Å². The zero-order valence-electron chi connectivity index (χ0n) is 13.6. The molecular weight excluding hydrogens is 278 g/mol. The average molecular weight is 303 g/mol. The van der Waals surface area contributed by atoms with Crippen LogP contribution in [0.25, 0.3) is 10.7 Å². The first-order valence-electron chi connectivity index (χ1n) is 7.58. The lowest BCUT2D eigenvalue weighted by Gasteiger charge is -2.18. The fourth-order valence-corrected chi connectivity index (χ4v) is 3.30. The van der Waals surface area contributed by atoms with Crippen LogP contribution >= 0.6 is 11.3 Å². The third-order valence-electron chi connectivity index (χ3n) is 3.56. The number of nitrogens with one attached hydrogen (secondary N) is 1. The number of aryl methyl sites for hydroxylation is 2. The molecule has 114 valence electrons. The molecule has 0 bridgehead atoms. The van der Waals surface area contributed by atoms with E-state index >= 15 is 0 Å². The fourth-order valence-electron chi connectivity index (χ4n) is 2.64.